The third kappa shape index (κ3) is 3.86. The van der Waals surface area contributed by atoms with Gasteiger partial charge in [0.25, 0.3) is 5.91 Å². The van der Waals surface area contributed by atoms with E-state index in [-0.39, 0.29) is 11.9 Å². The average Bonchev–Trinajstić information content (AvgIpc) is 3.00. The maximum atomic E-state index is 13.0. The molecule has 0 N–H and O–H groups in total. The van der Waals surface area contributed by atoms with Gasteiger partial charge in [0.15, 0.2) is 11.5 Å². The van der Waals surface area contributed by atoms with Crippen molar-refractivity contribution in [2.45, 2.75) is 13.0 Å². The van der Waals surface area contributed by atoms with E-state index >= 15 is 0 Å². The Balaban J connectivity index is 1.94. The number of carbonyl (C=O) groups is 1. The van der Waals surface area contributed by atoms with Crippen LogP contribution in [0.25, 0.3) is 6.08 Å². The third-order valence-corrected chi connectivity index (χ3v) is 5.81. The van der Waals surface area contributed by atoms with Crippen molar-refractivity contribution in [1.82, 2.24) is 4.90 Å². The van der Waals surface area contributed by atoms with Gasteiger partial charge in [0.05, 0.1) is 32.3 Å². The molecule has 5 nitrogen and oxygen atoms in total. The van der Waals surface area contributed by atoms with Gasteiger partial charge in [-0.1, -0.05) is 54.3 Å². The summed E-state index contributed by atoms with van der Waals surface area (Å²) >= 11 is 6.77. The van der Waals surface area contributed by atoms with Crippen molar-refractivity contribution in [3.63, 3.8) is 0 Å². The Hall–Kier alpha value is -2.51. The first kappa shape index (κ1) is 20.2. The fourth-order valence-electron chi connectivity index (χ4n) is 3.03. The number of hydrogen-bond acceptors (Lipinski definition) is 6. The Bertz CT molecular complexity index is 902. The lowest BCUT2D eigenvalue weighted by Crippen LogP contribution is -2.30. The van der Waals surface area contributed by atoms with Crippen molar-refractivity contribution in [2.75, 3.05) is 21.3 Å². The second-order valence-electron chi connectivity index (χ2n) is 6.10. The molecule has 1 atom stereocenters. The van der Waals surface area contributed by atoms with Gasteiger partial charge in [0.2, 0.25) is 5.75 Å². The number of carbonyl (C=O) groups excluding carboxylic acids is 1. The number of thioether (sulfide) groups is 1. The van der Waals surface area contributed by atoms with Crippen LogP contribution < -0.4 is 14.2 Å². The van der Waals surface area contributed by atoms with E-state index in [0.29, 0.717) is 26.5 Å². The molecule has 0 radical (unpaired) electrons. The van der Waals surface area contributed by atoms with Gasteiger partial charge in [0.1, 0.15) is 4.32 Å². The van der Waals surface area contributed by atoms with Crippen LogP contribution in [0, 0.1) is 0 Å². The number of thiocarbonyl (C=S) groups is 1. The molecule has 1 saturated heterocycles. The molecule has 0 unspecified atom stereocenters. The number of methoxy groups -OCH3 is 3. The maximum Gasteiger partial charge on any atom is 0.266 e. The monoisotopic (exact) mass is 415 g/mol. The Kier molecular flexibility index (Phi) is 6.26. The van der Waals surface area contributed by atoms with Crippen LogP contribution in [0.2, 0.25) is 0 Å². The second kappa shape index (κ2) is 8.67. The molecule has 7 heteroatoms. The van der Waals surface area contributed by atoms with Crippen LogP contribution in [0.15, 0.2) is 47.4 Å². The molecule has 0 aromatic heterocycles. The smallest absolute Gasteiger partial charge is 0.266 e. The van der Waals surface area contributed by atoms with Crippen molar-refractivity contribution in [1.29, 1.82) is 0 Å². The lowest BCUT2D eigenvalue weighted by atomic mass is 10.1. The molecule has 2 aromatic carbocycles. The van der Waals surface area contributed by atoms with Crippen LogP contribution >= 0.6 is 24.0 Å². The number of hydrogen-bond donors (Lipinski definition) is 0. The van der Waals surface area contributed by atoms with Gasteiger partial charge < -0.3 is 14.2 Å². The average molecular weight is 416 g/mol. The summed E-state index contributed by atoms with van der Waals surface area (Å²) in [5.74, 6) is 1.45. The van der Waals surface area contributed by atoms with E-state index in [9.17, 15) is 4.79 Å². The molecule has 1 amide bonds. The highest BCUT2D eigenvalue weighted by Gasteiger charge is 2.36. The standard InChI is InChI=1S/C21H21NO4S2/c1-13(15-8-6-5-7-9-15)22-20(23)18(28-21(22)27)12-14-10-16(24-2)19(26-4)17(11-14)25-3/h5-13H,1-4H3/b18-12-/t13-/m1/s1. The molecule has 1 aliphatic rings. The van der Waals surface area contributed by atoms with Gasteiger partial charge in [-0.3, -0.25) is 9.69 Å². The lowest BCUT2D eigenvalue weighted by Gasteiger charge is -2.23. The number of rotatable bonds is 6. The zero-order valence-corrected chi connectivity index (χ0v) is 17.7. The van der Waals surface area contributed by atoms with Crippen molar-refractivity contribution in [3.8, 4) is 17.2 Å². The first-order valence-electron chi connectivity index (χ1n) is 8.62. The summed E-state index contributed by atoms with van der Waals surface area (Å²) < 4.78 is 16.7. The second-order valence-corrected chi connectivity index (χ2v) is 7.77. The highest BCUT2D eigenvalue weighted by Crippen LogP contribution is 2.41. The lowest BCUT2D eigenvalue weighted by molar-refractivity contribution is -0.123. The summed E-state index contributed by atoms with van der Waals surface area (Å²) in [5, 5.41) is 0. The molecule has 2 aromatic rings. The van der Waals surface area contributed by atoms with Crippen LogP contribution in [-0.4, -0.2) is 36.5 Å². The SMILES string of the molecule is COc1cc(/C=C2\SC(=S)N([C@H](C)c3ccccc3)C2=O)cc(OC)c1OC. The van der Waals surface area contributed by atoms with Gasteiger partial charge >= 0.3 is 0 Å². The minimum atomic E-state index is -0.139. The van der Waals surface area contributed by atoms with Crippen LogP contribution in [0.5, 0.6) is 17.2 Å². The number of benzene rings is 2. The molecule has 0 bridgehead atoms. The molecule has 1 heterocycles. The Labute approximate surface area is 174 Å². The summed E-state index contributed by atoms with van der Waals surface area (Å²) in [6.45, 7) is 1.97. The van der Waals surface area contributed by atoms with E-state index in [1.807, 2.05) is 37.3 Å². The van der Waals surface area contributed by atoms with Crippen LogP contribution in [0.1, 0.15) is 24.1 Å². The van der Waals surface area contributed by atoms with Crippen molar-refractivity contribution in [3.05, 3.63) is 58.5 Å². The molecule has 1 fully saturated rings. The van der Waals surface area contributed by atoms with Crippen LogP contribution in [-0.2, 0) is 4.79 Å². The summed E-state index contributed by atoms with van der Waals surface area (Å²) in [6, 6.07) is 13.3. The predicted molar refractivity (Wildman–Crippen MR) is 116 cm³/mol. The molecule has 3 rings (SSSR count). The minimum Gasteiger partial charge on any atom is -0.493 e. The molecule has 1 aliphatic heterocycles. The fraction of sp³-hybridized carbons (Fsp3) is 0.238. The predicted octanol–water partition coefficient (Wildman–Crippen LogP) is 4.67. The van der Waals surface area contributed by atoms with Crippen molar-refractivity contribution < 1.29 is 19.0 Å². The highest BCUT2D eigenvalue weighted by molar-refractivity contribution is 8.26. The fourth-order valence-corrected chi connectivity index (χ4v) is 4.45. The van der Waals surface area contributed by atoms with Crippen LogP contribution in [0.3, 0.4) is 0 Å². The molecule has 0 spiro atoms. The largest absolute Gasteiger partial charge is 0.493 e. The maximum absolute atomic E-state index is 13.0. The number of ether oxygens (including phenoxy) is 3. The number of nitrogens with zero attached hydrogens (tertiary/aromatic N) is 1. The quantitative estimate of drug-likeness (QED) is 0.505. The van der Waals surface area contributed by atoms with Gasteiger partial charge in [-0.2, -0.15) is 0 Å². The minimum absolute atomic E-state index is 0.111. The summed E-state index contributed by atoms with van der Waals surface area (Å²) in [4.78, 5) is 15.2. The van der Waals surface area contributed by atoms with Gasteiger partial charge in [-0.25, -0.2) is 0 Å². The molecular formula is C21H21NO4S2. The third-order valence-electron chi connectivity index (χ3n) is 4.48. The van der Waals surface area contributed by atoms with Gasteiger partial charge in [-0.05, 0) is 36.3 Å². The van der Waals surface area contributed by atoms with Crippen LogP contribution in [0.4, 0.5) is 0 Å². The van der Waals surface area contributed by atoms with Gasteiger partial charge in [-0.15, -0.1) is 0 Å². The Morgan fingerprint density at radius 3 is 2.18 bits per heavy atom. The topological polar surface area (TPSA) is 48.0 Å². The zero-order chi connectivity index (χ0) is 20.3. The zero-order valence-electron chi connectivity index (χ0n) is 16.1. The first-order valence-corrected chi connectivity index (χ1v) is 9.84. The normalized spacial score (nSPS) is 16.4. The van der Waals surface area contributed by atoms with E-state index in [0.717, 1.165) is 11.1 Å². The number of amides is 1. The van der Waals surface area contributed by atoms with E-state index in [4.69, 9.17) is 26.4 Å². The highest BCUT2D eigenvalue weighted by atomic mass is 32.2. The summed E-state index contributed by atoms with van der Waals surface area (Å²) in [6.07, 6.45) is 1.79. The Morgan fingerprint density at radius 1 is 1.04 bits per heavy atom. The van der Waals surface area contributed by atoms with Crippen molar-refractivity contribution in [2.24, 2.45) is 0 Å². The summed E-state index contributed by atoms with van der Waals surface area (Å²) in [7, 11) is 4.67. The molecule has 146 valence electrons. The molecule has 0 saturated carbocycles. The Morgan fingerprint density at radius 2 is 1.64 bits per heavy atom. The van der Waals surface area contributed by atoms with Crippen molar-refractivity contribution >= 4 is 40.3 Å². The van der Waals surface area contributed by atoms with E-state index < -0.39 is 0 Å². The first-order chi connectivity index (χ1) is 13.5. The summed E-state index contributed by atoms with van der Waals surface area (Å²) in [5.41, 5.74) is 1.80. The van der Waals surface area contributed by atoms with E-state index in [1.165, 1.54) is 11.8 Å². The van der Waals surface area contributed by atoms with E-state index in [2.05, 4.69) is 0 Å². The van der Waals surface area contributed by atoms with Gasteiger partial charge in [0, 0.05) is 0 Å². The van der Waals surface area contributed by atoms with E-state index in [1.54, 1.807) is 44.4 Å². The molecule has 28 heavy (non-hydrogen) atoms. The molecular weight excluding hydrogens is 394 g/mol. The molecule has 0 aliphatic carbocycles.